The van der Waals surface area contributed by atoms with Crippen LogP contribution in [0.15, 0.2) is 48.5 Å². The third-order valence-electron chi connectivity index (χ3n) is 3.76. The van der Waals surface area contributed by atoms with Crippen LogP contribution in [-0.2, 0) is 14.3 Å². The van der Waals surface area contributed by atoms with Crippen LogP contribution in [0.25, 0.3) is 0 Å². The van der Waals surface area contributed by atoms with Crippen molar-refractivity contribution in [1.82, 2.24) is 0 Å². The first-order valence-corrected chi connectivity index (χ1v) is 7.36. The molecule has 0 aromatic heterocycles. The SMILES string of the molecule is COC(=O)c1ccccc1C(C(C)=O)c1ccccc1C(=O)OC. The molecule has 0 heterocycles. The Morgan fingerprint density at radius 1 is 0.750 bits per heavy atom. The zero-order valence-corrected chi connectivity index (χ0v) is 13.7. The molecule has 0 aliphatic heterocycles. The van der Waals surface area contributed by atoms with E-state index in [2.05, 4.69) is 0 Å². The van der Waals surface area contributed by atoms with Crippen molar-refractivity contribution in [3.05, 3.63) is 70.8 Å². The molecule has 0 aliphatic carbocycles. The van der Waals surface area contributed by atoms with E-state index < -0.39 is 17.9 Å². The molecule has 0 atom stereocenters. The van der Waals surface area contributed by atoms with Gasteiger partial charge in [0.25, 0.3) is 0 Å². The van der Waals surface area contributed by atoms with E-state index in [9.17, 15) is 14.4 Å². The molecule has 2 aromatic rings. The molecule has 124 valence electrons. The average Bonchev–Trinajstić information content (AvgIpc) is 2.61. The number of carbonyl (C=O) groups excluding carboxylic acids is 3. The third-order valence-corrected chi connectivity index (χ3v) is 3.76. The van der Waals surface area contributed by atoms with Crippen LogP contribution in [0.1, 0.15) is 44.7 Å². The Kier molecular flexibility index (Phi) is 5.47. The van der Waals surface area contributed by atoms with Gasteiger partial charge >= 0.3 is 11.9 Å². The number of esters is 2. The van der Waals surface area contributed by atoms with E-state index in [-0.39, 0.29) is 5.78 Å². The first-order valence-electron chi connectivity index (χ1n) is 7.36. The van der Waals surface area contributed by atoms with Crippen molar-refractivity contribution in [2.75, 3.05) is 14.2 Å². The minimum atomic E-state index is -0.768. The topological polar surface area (TPSA) is 69.7 Å². The largest absolute Gasteiger partial charge is 0.465 e. The van der Waals surface area contributed by atoms with E-state index in [4.69, 9.17) is 9.47 Å². The summed E-state index contributed by atoms with van der Waals surface area (Å²) in [6, 6.07) is 13.4. The fraction of sp³-hybridized carbons (Fsp3) is 0.211. The molecular weight excluding hydrogens is 308 g/mol. The summed E-state index contributed by atoms with van der Waals surface area (Å²) in [5, 5.41) is 0. The summed E-state index contributed by atoms with van der Waals surface area (Å²) in [5.74, 6) is -2.03. The molecule has 0 spiro atoms. The second kappa shape index (κ2) is 7.55. The van der Waals surface area contributed by atoms with Crippen molar-refractivity contribution >= 4 is 17.7 Å². The highest BCUT2D eigenvalue weighted by atomic mass is 16.5. The predicted octanol–water partition coefficient (Wildman–Crippen LogP) is 2.98. The maximum Gasteiger partial charge on any atom is 0.338 e. The van der Waals surface area contributed by atoms with Gasteiger partial charge in [-0.05, 0) is 30.2 Å². The lowest BCUT2D eigenvalue weighted by Gasteiger charge is -2.20. The molecule has 0 aliphatic rings. The molecule has 5 nitrogen and oxygen atoms in total. The molecule has 0 N–H and O–H groups in total. The normalized spacial score (nSPS) is 10.3. The van der Waals surface area contributed by atoms with Crippen LogP contribution in [0.5, 0.6) is 0 Å². The molecule has 5 heteroatoms. The molecule has 0 fully saturated rings. The summed E-state index contributed by atoms with van der Waals surface area (Å²) in [4.78, 5) is 36.5. The molecule has 0 saturated carbocycles. The Labute approximate surface area is 140 Å². The van der Waals surface area contributed by atoms with Crippen LogP contribution >= 0.6 is 0 Å². The Bertz CT molecular complexity index is 719. The van der Waals surface area contributed by atoms with E-state index in [1.165, 1.54) is 21.1 Å². The quantitative estimate of drug-likeness (QED) is 0.790. The molecule has 0 saturated heterocycles. The van der Waals surface area contributed by atoms with Crippen molar-refractivity contribution in [2.24, 2.45) is 0 Å². The molecule has 0 unspecified atom stereocenters. The van der Waals surface area contributed by atoms with Crippen LogP contribution in [0.4, 0.5) is 0 Å². The number of rotatable bonds is 5. The van der Waals surface area contributed by atoms with Gasteiger partial charge in [0, 0.05) is 0 Å². The summed E-state index contributed by atoms with van der Waals surface area (Å²) in [6.07, 6.45) is 0. The Morgan fingerprint density at radius 2 is 1.12 bits per heavy atom. The van der Waals surface area contributed by atoms with Crippen LogP contribution in [-0.4, -0.2) is 31.9 Å². The standard InChI is InChI=1S/C19H18O5/c1-12(20)17(13-8-4-6-10-15(13)18(21)23-2)14-9-5-7-11-16(14)19(22)24-3/h4-11,17H,1-3H3. The van der Waals surface area contributed by atoms with Crippen molar-refractivity contribution in [2.45, 2.75) is 12.8 Å². The number of ketones is 1. The van der Waals surface area contributed by atoms with Crippen LogP contribution < -0.4 is 0 Å². The van der Waals surface area contributed by atoms with Gasteiger partial charge in [-0.15, -0.1) is 0 Å². The Morgan fingerprint density at radius 3 is 1.46 bits per heavy atom. The lowest BCUT2D eigenvalue weighted by atomic mass is 9.83. The first kappa shape index (κ1) is 17.4. The highest BCUT2D eigenvalue weighted by molar-refractivity contribution is 5.99. The van der Waals surface area contributed by atoms with E-state index in [1.807, 2.05) is 0 Å². The average molecular weight is 326 g/mol. The smallest absolute Gasteiger partial charge is 0.338 e. The Hall–Kier alpha value is -2.95. The van der Waals surface area contributed by atoms with Gasteiger partial charge in [-0.2, -0.15) is 0 Å². The second-order valence-corrected chi connectivity index (χ2v) is 5.20. The number of carbonyl (C=O) groups is 3. The van der Waals surface area contributed by atoms with Crippen LogP contribution in [0.3, 0.4) is 0 Å². The zero-order chi connectivity index (χ0) is 17.7. The van der Waals surface area contributed by atoms with Gasteiger partial charge in [0.15, 0.2) is 0 Å². The maximum atomic E-state index is 12.4. The van der Waals surface area contributed by atoms with Crippen molar-refractivity contribution in [3.8, 4) is 0 Å². The van der Waals surface area contributed by atoms with E-state index in [0.717, 1.165) is 0 Å². The lowest BCUT2D eigenvalue weighted by Crippen LogP contribution is -2.19. The first-order chi connectivity index (χ1) is 11.5. The van der Waals surface area contributed by atoms with E-state index >= 15 is 0 Å². The fourth-order valence-electron chi connectivity index (χ4n) is 2.69. The number of methoxy groups -OCH3 is 2. The lowest BCUT2D eigenvalue weighted by molar-refractivity contribution is -0.117. The third kappa shape index (κ3) is 3.35. The van der Waals surface area contributed by atoms with Gasteiger partial charge in [-0.1, -0.05) is 36.4 Å². The molecule has 0 amide bonds. The maximum absolute atomic E-state index is 12.4. The number of Topliss-reactive ketones (excluding diaryl/α,β-unsaturated/α-hetero) is 1. The van der Waals surface area contributed by atoms with Gasteiger partial charge in [0.05, 0.1) is 31.3 Å². The van der Waals surface area contributed by atoms with Crippen molar-refractivity contribution < 1.29 is 23.9 Å². The van der Waals surface area contributed by atoms with Gasteiger partial charge < -0.3 is 9.47 Å². The number of benzene rings is 2. The molecular formula is C19H18O5. The van der Waals surface area contributed by atoms with Crippen molar-refractivity contribution in [1.29, 1.82) is 0 Å². The fourth-order valence-corrected chi connectivity index (χ4v) is 2.69. The predicted molar refractivity (Wildman–Crippen MR) is 88.1 cm³/mol. The van der Waals surface area contributed by atoms with Crippen LogP contribution in [0, 0.1) is 0 Å². The van der Waals surface area contributed by atoms with Gasteiger partial charge in [-0.3, -0.25) is 4.79 Å². The summed E-state index contributed by atoms with van der Waals surface area (Å²) in [7, 11) is 2.56. The highest BCUT2D eigenvalue weighted by Crippen LogP contribution is 2.31. The zero-order valence-electron chi connectivity index (χ0n) is 13.7. The van der Waals surface area contributed by atoms with E-state index in [0.29, 0.717) is 22.3 Å². The number of ether oxygens (including phenoxy) is 2. The number of hydrogen-bond acceptors (Lipinski definition) is 5. The summed E-state index contributed by atoms with van der Waals surface area (Å²) in [6.45, 7) is 1.42. The molecule has 2 rings (SSSR count). The monoisotopic (exact) mass is 326 g/mol. The minimum absolute atomic E-state index is 0.192. The number of hydrogen-bond donors (Lipinski definition) is 0. The molecule has 24 heavy (non-hydrogen) atoms. The highest BCUT2D eigenvalue weighted by Gasteiger charge is 2.28. The summed E-state index contributed by atoms with van der Waals surface area (Å²) < 4.78 is 9.60. The van der Waals surface area contributed by atoms with Gasteiger partial charge in [0.1, 0.15) is 5.78 Å². The van der Waals surface area contributed by atoms with Gasteiger partial charge in [0.2, 0.25) is 0 Å². The van der Waals surface area contributed by atoms with Gasteiger partial charge in [-0.25, -0.2) is 9.59 Å². The van der Waals surface area contributed by atoms with Crippen molar-refractivity contribution in [3.63, 3.8) is 0 Å². The molecule has 0 radical (unpaired) electrons. The van der Waals surface area contributed by atoms with Crippen LogP contribution in [0.2, 0.25) is 0 Å². The Balaban J connectivity index is 2.68. The summed E-state index contributed by atoms with van der Waals surface area (Å²) >= 11 is 0. The minimum Gasteiger partial charge on any atom is -0.465 e. The molecule has 0 bridgehead atoms. The van der Waals surface area contributed by atoms with E-state index in [1.54, 1.807) is 48.5 Å². The summed E-state index contributed by atoms with van der Waals surface area (Å²) in [5.41, 5.74) is 1.57. The second-order valence-electron chi connectivity index (χ2n) is 5.20. The molecule has 2 aromatic carbocycles.